The molecule has 0 saturated carbocycles. The molecule has 2 rings (SSSR count). The van der Waals surface area contributed by atoms with Crippen LogP contribution in [-0.4, -0.2) is 19.2 Å². The molecular weight excluding hydrogens is 232 g/mol. The molecule has 0 aliphatic heterocycles. The van der Waals surface area contributed by atoms with Crippen molar-refractivity contribution >= 4 is 47.5 Å². The van der Waals surface area contributed by atoms with Crippen LogP contribution in [0.25, 0.3) is 0 Å². The molecule has 64 valence electrons. The first-order chi connectivity index (χ1) is 5.80. The maximum Gasteiger partial charge on any atom is 0.148 e. The predicted octanol–water partition coefficient (Wildman–Crippen LogP) is 2.40. The summed E-state index contributed by atoms with van der Waals surface area (Å²) >= 11 is 12.1. The molecule has 2 heterocycles. The second kappa shape index (κ2) is 5.25. The Bertz CT molecular complexity index is 353. The molecule has 2 aromatic rings. The molecule has 0 aliphatic carbocycles. The molecule has 0 fully saturated rings. The van der Waals surface area contributed by atoms with Crippen LogP contribution < -0.4 is 0 Å². The average molecular weight is 236 g/mol. The van der Waals surface area contributed by atoms with Gasteiger partial charge in [0.1, 0.15) is 8.46 Å². The number of aromatic amines is 2. The third-order valence-corrected chi connectivity index (χ3v) is 2.82. The fourth-order valence-electron chi connectivity index (χ4n) is 0.352. The molecule has 8 heteroatoms. The molecule has 0 radical (unpaired) electrons. The summed E-state index contributed by atoms with van der Waals surface area (Å²) in [6.07, 6.45) is 1.66. The fourth-order valence-corrected chi connectivity index (χ4v) is 1.43. The molecule has 0 bridgehead atoms. The van der Waals surface area contributed by atoms with Crippen molar-refractivity contribution in [2.24, 2.45) is 0 Å². The second-order valence-corrected chi connectivity index (χ2v) is 4.07. The fraction of sp³-hybridized carbons (Fsp3) is 0. The standard InChI is InChI=1S/C2H2N2S3.C2H2N2S/c5-1-2(6)7-4-3-1;1-2-5-4-3-1/h4H,(H,3,5);1-2H. The number of aromatic nitrogens is 4. The van der Waals surface area contributed by atoms with Crippen LogP contribution >= 0.6 is 47.5 Å². The summed E-state index contributed by atoms with van der Waals surface area (Å²) in [5.74, 6) is 0. The van der Waals surface area contributed by atoms with E-state index in [-0.39, 0.29) is 0 Å². The van der Waals surface area contributed by atoms with Crippen molar-refractivity contribution in [1.29, 1.82) is 0 Å². The van der Waals surface area contributed by atoms with Gasteiger partial charge in [-0.3, -0.25) is 9.59 Å². The van der Waals surface area contributed by atoms with Crippen LogP contribution in [0.1, 0.15) is 0 Å². The lowest BCUT2D eigenvalue weighted by Gasteiger charge is -1.56. The maximum atomic E-state index is 4.74. The van der Waals surface area contributed by atoms with Crippen LogP contribution in [-0.2, 0) is 0 Å². The summed E-state index contributed by atoms with van der Waals surface area (Å²) in [7, 11) is 0. The van der Waals surface area contributed by atoms with Gasteiger partial charge in [-0.25, -0.2) is 0 Å². The van der Waals surface area contributed by atoms with Gasteiger partial charge in [0, 0.05) is 5.38 Å². The summed E-state index contributed by atoms with van der Waals surface area (Å²) < 4.78 is 7.56. The van der Waals surface area contributed by atoms with Crippen LogP contribution in [0, 0.1) is 8.46 Å². The number of rotatable bonds is 0. The predicted molar refractivity (Wildman–Crippen MR) is 54.6 cm³/mol. The molecule has 0 amide bonds. The molecule has 0 unspecified atom stereocenters. The van der Waals surface area contributed by atoms with E-state index < -0.39 is 0 Å². The van der Waals surface area contributed by atoms with Crippen molar-refractivity contribution in [3.63, 3.8) is 0 Å². The first-order valence-corrected chi connectivity index (χ1v) is 5.25. The number of nitrogens with zero attached hydrogens (tertiary/aromatic N) is 2. The topological polar surface area (TPSA) is 57.4 Å². The van der Waals surface area contributed by atoms with Crippen molar-refractivity contribution < 1.29 is 0 Å². The minimum absolute atomic E-state index is 0.625. The van der Waals surface area contributed by atoms with Gasteiger partial charge in [-0.05, 0) is 23.1 Å². The molecule has 0 spiro atoms. The van der Waals surface area contributed by atoms with Crippen LogP contribution in [0.5, 0.6) is 0 Å². The van der Waals surface area contributed by atoms with Crippen molar-refractivity contribution in [3.05, 3.63) is 20.0 Å². The molecule has 0 aliphatic rings. The quantitative estimate of drug-likeness (QED) is 0.690. The van der Waals surface area contributed by atoms with Gasteiger partial charge in [-0.15, -0.1) is 5.10 Å². The summed E-state index contributed by atoms with van der Waals surface area (Å²) in [5, 5.41) is 7.98. The van der Waals surface area contributed by atoms with Crippen LogP contribution in [0.4, 0.5) is 0 Å². The zero-order chi connectivity index (χ0) is 8.81. The number of H-pyrrole nitrogens is 2. The van der Waals surface area contributed by atoms with E-state index in [2.05, 4.69) is 19.2 Å². The third-order valence-electron chi connectivity index (χ3n) is 0.776. The van der Waals surface area contributed by atoms with E-state index >= 15 is 0 Å². The van der Waals surface area contributed by atoms with E-state index in [0.29, 0.717) is 4.64 Å². The summed E-state index contributed by atoms with van der Waals surface area (Å²) in [6.45, 7) is 0. The third kappa shape index (κ3) is 3.30. The van der Waals surface area contributed by atoms with E-state index in [1.807, 2.05) is 5.38 Å². The van der Waals surface area contributed by atoms with Crippen molar-refractivity contribution in [3.8, 4) is 0 Å². The Morgan fingerprint density at radius 1 is 1.42 bits per heavy atom. The van der Waals surface area contributed by atoms with Crippen molar-refractivity contribution in [2.75, 3.05) is 0 Å². The first kappa shape index (κ1) is 9.65. The highest BCUT2D eigenvalue weighted by Gasteiger charge is 1.77. The van der Waals surface area contributed by atoms with Gasteiger partial charge >= 0.3 is 0 Å². The molecule has 4 nitrogen and oxygen atoms in total. The molecule has 0 atom stereocenters. The zero-order valence-electron chi connectivity index (χ0n) is 5.68. The summed E-state index contributed by atoms with van der Waals surface area (Å²) in [4.78, 5) is 0. The van der Waals surface area contributed by atoms with E-state index in [1.165, 1.54) is 23.1 Å². The van der Waals surface area contributed by atoms with Crippen LogP contribution in [0.2, 0.25) is 0 Å². The lowest BCUT2D eigenvalue weighted by Crippen LogP contribution is -1.57. The minimum Gasteiger partial charge on any atom is -0.280 e. The summed E-state index contributed by atoms with van der Waals surface area (Å²) in [5.41, 5.74) is 0. The minimum atomic E-state index is 0.625. The molecule has 0 saturated heterocycles. The number of hydrogen-bond acceptors (Lipinski definition) is 6. The van der Waals surface area contributed by atoms with Gasteiger partial charge in [-0.2, -0.15) is 0 Å². The Balaban J connectivity index is 0.000000127. The molecular formula is C4H4N4S4. The Hall–Kier alpha value is -0.440. The Labute approximate surface area is 86.6 Å². The highest BCUT2D eigenvalue weighted by Crippen LogP contribution is 1.93. The highest BCUT2D eigenvalue weighted by atomic mass is 32.2. The van der Waals surface area contributed by atoms with E-state index in [1.54, 1.807) is 6.20 Å². The largest absolute Gasteiger partial charge is 0.280 e. The maximum absolute atomic E-state index is 4.74. The Kier molecular flexibility index (Phi) is 4.22. The van der Waals surface area contributed by atoms with Gasteiger partial charge < -0.3 is 0 Å². The lowest BCUT2D eigenvalue weighted by molar-refractivity contribution is 1.14. The van der Waals surface area contributed by atoms with Gasteiger partial charge in [0.15, 0.2) is 0 Å². The monoisotopic (exact) mass is 236 g/mol. The van der Waals surface area contributed by atoms with E-state index in [0.717, 1.165) is 3.82 Å². The average Bonchev–Trinajstić information content (AvgIpc) is 2.67. The van der Waals surface area contributed by atoms with E-state index in [9.17, 15) is 0 Å². The van der Waals surface area contributed by atoms with Gasteiger partial charge in [-0.1, -0.05) is 28.9 Å². The second-order valence-electron chi connectivity index (χ2n) is 1.53. The Morgan fingerprint density at radius 3 is 2.42 bits per heavy atom. The highest BCUT2D eigenvalue weighted by molar-refractivity contribution is 7.75. The van der Waals surface area contributed by atoms with Crippen LogP contribution in [0.3, 0.4) is 0 Å². The number of nitrogens with one attached hydrogen (secondary N) is 2. The number of hydrogen-bond donors (Lipinski definition) is 2. The van der Waals surface area contributed by atoms with Crippen molar-refractivity contribution in [1.82, 2.24) is 19.2 Å². The van der Waals surface area contributed by atoms with Gasteiger partial charge in [0.25, 0.3) is 0 Å². The Morgan fingerprint density at radius 2 is 2.25 bits per heavy atom. The lowest BCUT2D eigenvalue weighted by atomic mass is 11.0. The first-order valence-electron chi connectivity index (χ1n) is 2.78. The van der Waals surface area contributed by atoms with Crippen molar-refractivity contribution in [2.45, 2.75) is 0 Å². The SMILES string of the molecule is S=c1[nH][nH]sc1=S.c1csnn1. The smallest absolute Gasteiger partial charge is 0.148 e. The van der Waals surface area contributed by atoms with E-state index in [4.69, 9.17) is 24.4 Å². The summed E-state index contributed by atoms with van der Waals surface area (Å²) in [6, 6.07) is 0. The molecule has 0 aromatic carbocycles. The van der Waals surface area contributed by atoms with Gasteiger partial charge in [0.2, 0.25) is 0 Å². The molecule has 2 N–H and O–H groups in total. The van der Waals surface area contributed by atoms with Crippen LogP contribution in [0.15, 0.2) is 11.6 Å². The van der Waals surface area contributed by atoms with Gasteiger partial charge in [0.05, 0.1) is 6.20 Å². The normalized spacial score (nSPS) is 8.67. The molecule has 12 heavy (non-hydrogen) atoms. The zero-order valence-corrected chi connectivity index (χ0v) is 8.95. The molecule has 2 aromatic heterocycles.